The molecule has 5 heteroatoms. The first kappa shape index (κ1) is 12.1. The van der Waals surface area contributed by atoms with Gasteiger partial charge < -0.3 is 10.4 Å². The van der Waals surface area contributed by atoms with Gasteiger partial charge in [0.05, 0.1) is 9.20 Å². The Kier molecular flexibility index (Phi) is 3.66. The number of thiophene rings is 1. The van der Waals surface area contributed by atoms with Crippen LogP contribution in [-0.4, -0.2) is 24.2 Å². The number of hydrogen-bond donors (Lipinski definition) is 2. The van der Waals surface area contributed by atoms with Crippen molar-refractivity contribution >= 4 is 33.2 Å². The number of rotatable bonds is 3. The zero-order valence-corrected chi connectivity index (χ0v) is 11.2. The van der Waals surface area contributed by atoms with Gasteiger partial charge in [0.25, 0.3) is 0 Å². The van der Waals surface area contributed by atoms with Gasteiger partial charge in [0.15, 0.2) is 0 Å². The second-order valence-corrected chi connectivity index (χ2v) is 6.77. The molecule has 0 aromatic carbocycles. The fraction of sp³-hybridized carbons (Fsp3) is 0.545. The number of piperidine rings is 1. The molecule has 0 spiro atoms. The zero-order valence-electron chi connectivity index (χ0n) is 8.83. The van der Waals surface area contributed by atoms with E-state index in [1.165, 1.54) is 0 Å². The third-order valence-electron chi connectivity index (χ3n) is 3.16. The molecule has 3 nitrogen and oxygen atoms in total. The Morgan fingerprint density at radius 1 is 1.50 bits per heavy atom. The lowest BCUT2D eigenvalue weighted by Gasteiger charge is -2.33. The van der Waals surface area contributed by atoms with Gasteiger partial charge >= 0.3 is 5.97 Å². The maximum absolute atomic E-state index is 11.5. The number of aliphatic carboxylic acids is 1. The number of hydrogen-bond acceptors (Lipinski definition) is 3. The summed E-state index contributed by atoms with van der Waals surface area (Å²) in [5, 5.41) is 12.6. The molecule has 1 aliphatic heterocycles. The first-order valence-electron chi connectivity index (χ1n) is 5.31. The Labute approximate surface area is 107 Å². The Bertz CT molecular complexity index is 385. The van der Waals surface area contributed by atoms with Crippen LogP contribution in [0.1, 0.15) is 17.7 Å². The van der Waals surface area contributed by atoms with Crippen molar-refractivity contribution in [3.63, 3.8) is 0 Å². The van der Waals surface area contributed by atoms with Gasteiger partial charge in [-0.25, -0.2) is 0 Å². The van der Waals surface area contributed by atoms with Crippen molar-refractivity contribution in [3.05, 3.63) is 20.8 Å². The largest absolute Gasteiger partial charge is 0.481 e. The average molecular weight is 304 g/mol. The van der Waals surface area contributed by atoms with Crippen LogP contribution in [0.15, 0.2) is 15.9 Å². The molecule has 0 unspecified atom stereocenters. The lowest BCUT2D eigenvalue weighted by Crippen LogP contribution is -2.43. The van der Waals surface area contributed by atoms with Gasteiger partial charge in [-0.2, -0.15) is 0 Å². The lowest BCUT2D eigenvalue weighted by atomic mass is 9.76. The van der Waals surface area contributed by atoms with E-state index < -0.39 is 11.4 Å². The zero-order chi connectivity index (χ0) is 11.6. The molecule has 1 fully saturated rings. The Morgan fingerprint density at radius 3 is 2.69 bits per heavy atom. The second kappa shape index (κ2) is 4.85. The van der Waals surface area contributed by atoms with Crippen LogP contribution >= 0.6 is 27.3 Å². The molecule has 1 saturated heterocycles. The molecule has 0 radical (unpaired) electrons. The Balaban J connectivity index is 2.16. The van der Waals surface area contributed by atoms with Gasteiger partial charge in [0.1, 0.15) is 0 Å². The molecule has 1 aromatic heterocycles. The molecule has 2 heterocycles. The summed E-state index contributed by atoms with van der Waals surface area (Å²) >= 11 is 5.04. The van der Waals surface area contributed by atoms with Crippen molar-refractivity contribution in [2.24, 2.45) is 5.41 Å². The average Bonchev–Trinajstić information content (AvgIpc) is 2.65. The van der Waals surface area contributed by atoms with Crippen molar-refractivity contribution < 1.29 is 9.90 Å². The molecule has 2 N–H and O–H groups in total. The second-order valence-electron chi connectivity index (χ2n) is 4.22. The molecule has 1 aromatic rings. The van der Waals surface area contributed by atoms with Gasteiger partial charge in [0, 0.05) is 4.88 Å². The van der Waals surface area contributed by atoms with Crippen molar-refractivity contribution in [1.29, 1.82) is 0 Å². The van der Waals surface area contributed by atoms with Crippen LogP contribution in [0.5, 0.6) is 0 Å². The third kappa shape index (κ3) is 2.47. The third-order valence-corrected chi connectivity index (χ3v) is 4.78. The molecule has 1 aliphatic rings. The normalized spacial score (nSPS) is 19.6. The summed E-state index contributed by atoms with van der Waals surface area (Å²) < 4.78 is 1.07. The number of nitrogens with one attached hydrogen (secondary N) is 1. The smallest absolute Gasteiger partial charge is 0.310 e. The highest BCUT2D eigenvalue weighted by Gasteiger charge is 2.39. The SMILES string of the molecule is O=C(O)C1(Cc2ccc(Br)s2)CCNCC1. The quantitative estimate of drug-likeness (QED) is 0.902. The standard InChI is InChI=1S/C11H14BrNO2S/c12-9-2-1-8(16-9)7-11(10(14)15)3-5-13-6-4-11/h1-2,13H,3-7H2,(H,14,15). The number of carbonyl (C=O) groups is 1. The molecule has 0 atom stereocenters. The summed E-state index contributed by atoms with van der Waals surface area (Å²) in [4.78, 5) is 12.6. The minimum Gasteiger partial charge on any atom is -0.481 e. The first-order valence-corrected chi connectivity index (χ1v) is 6.92. The monoisotopic (exact) mass is 303 g/mol. The molecule has 2 rings (SSSR count). The predicted molar refractivity (Wildman–Crippen MR) is 67.9 cm³/mol. The van der Waals surface area contributed by atoms with E-state index in [1.54, 1.807) is 11.3 Å². The van der Waals surface area contributed by atoms with Crippen LogP contribution in [-0.2, 0) is 11.2 Å². The maximum atomic E-state index is 11.5. The van der Waals surface area contributed by atoms with Crippen LogP contribution in [0, 0.1) is 5.41 Å². The Morgan fingerprint density at radius 2 is 2.19 bits per heavy atom. The molecular weight excluding hydrogens is 290 g/mol. The van der Waals surface area contributed by atoms with E-state index in [-0.39, 0.29) is 0 Å². The van der Waals surface area contributed by atoms with Crippen LogP contribution < -0.4 is 5.32 Å². The minimum absolute atomic E-state index is 0.560. The molecule has 0 aliphatic carbocycles. The van der Waals surface area contributed by atoms with Crippen LogP contribution in [0.2, 0.25) is 0 Å². The van der Waals surface area contributed by atoms with Gasteiger partial charge in [-0.15, -0.1) is 11.3 Å². The van der Waals surface area contributed by atoms with E-state index in [9.17, 15) is 9.90 Å². The summed E-state index contributed by atoms with van der Waals surface area (Å²) in [6.45, 7) is 1.61. The number of carboxylic acid groups (broad SMARTS) is 1. The highest BCUT2D eigenvalue weighted by molar-refractivity contribution is 9.11. The number of carboxylic acids is 1. The van der Waals surface area contributed by atoms with Crippen LogP contribution in [0.3, 0.4) is 0 Å². The van der Waals surface area contributed by atoms with Crippen LogP contribution in [0.25, 0.3) is 0 Å². The summed E-state index contributed by atoms with van der Waals surface area (Å²) in [6.07, 6.45) is 2.09. The Hall–Kier alpha value is -0.390. The van der Waals surface area contributed by atoms with E-state index in [2.05, 4.69) is 21.2 Å². The highest BCUT2D eigenvalue weighted by atomic mass is 79.9. The highest BCUT2D eigenvalue weighted by Crippen LogP contribution is 2.36. The van der Waals surface area contributed by atoms with E-state index >= 15 is 0 Å². The van der Waals surface area contributed by atoms with Gasteiger partial charge in [-0.05, 0) is 60.4 Å². The molecule has 0 saturated carbocycles. The predicted octanol–water partition coefficient (Wildman–Crippen LogP) is 2.51. The van der Waals surface area contributed by atoms with Crippen molar-refractivity contribution in [3.8, 4) is 0 Å². The summed E-state index contributed by atoms with van der Waals surface area (Å²) in [6, 6.07) is 4.00. The lowest BCUT2D eigenvalue weighted by molar-refractivity contribution is -0.150. The molecule has 0 amide bonds. The minimum atomic E-state index is -0.654. The summed E-state index contributed by atoms with van der Waals surface area (Å²) in [5.41, 5.74) is -0.560. The fourth-order valence-electron chi connectivity index (χ4n) is 2.15. The van der Waals surface area contributed by atoms with E-state index in [0.29, 0.717) is 6.42 Å². The summed E-state index contributed by atoms with van der Waals surface area (Å²) in [7, 11) is 0. The maximum Gasteiger partial charge on any atom is 0.310 e. The van der Waals surface area contributed by atoms with E-state index in [0.717, 1.165) is 34.6 Å². The van der Waals surface area contributed by atoms with Crippen molar-refractivity contribution in [1.82, 2.24) is 5.32 Å². The van der Waals surface area contributed by atoms with Gasteiger partial charge in [0.2, 0.25) is 0 Å². The van der Waals surface area contributed by atoms with Crippen molar-refractivity contribution in [2.75, 3.05) is 13.1 Å². The van der Waals surface area contributed by atoms with E-state index in [4.69, 9.17) is 0 Å². The fourth-order valence-corrected chi connectivity index (χ4v) is 3.78. The molecule has 88 valence electrons. The van der Waals surface area contributed by atoms with Gasteiger partial charge in [-0.1, -0.05) is 0 Å². The molecule has 0 bridgehead atoms. The van der Waals surface area contributed by atoms with Crippen LogP contribution in [0.4, 0.5) is 0 Å². The molecular formula is C11H14BrNO2S. The number of halogens is 1. The first-order chi connectivity index (χ1) is 7.62. The molecule has 16 heavy (non-hydrogen) atoms. The van der Waals surface area contributed by atoms with Crippen molar-refractivity contribution in [2.45, 2.75) is 19.3 Å². The van der Waals surface area contributed by atoms with Gasteiger partial charge in [-0.3, -0.25) is 4.79 Å². The summed E-state index contributed by atoms with van der Waals surface area (Å²) in [5.74, 6) is -0.654. The topological polar surface area (TPSA) is 49.3 Å². The van der Waals surface area contributed by atoms with E-state index in [1.807, 2.05) is 12.1 Å².